The van der Waals surface area contributed by atoms with Gasteiger partial charge in [0, 0.05) is 17.3 Å². The molecule has 0 aromatic rings. The number of piperidine rings is 1. The second-order valence-corrected chi connectivity index (χ2v) is 6.06. The maximum absolute atomic E-state index is 3.40. The van der Waals surface area contributed by atoms with Gasteiger partial charge in [-0.3, -0.25) is 0 Å². The first-order valence-corrected chi connectivity index (χ1v) is 7.56. The molecule has 0 radical (unpaired) electrons. The van der Waals surface area contributed by atoms with E-state index in [4.69, 9.17) is 0 Å². The zero-order valence-electron chi connectivity index (χ0n) is 10.0. The monoisotopic (exact) mass is 228 g/mol. The highest BCUT2D eigenvalue weighted by Gasteiger charge is 2.30. The van der Waals surface area contributed by atoms with Gasteiger partial charge in [-0.25, -0.2) is 0 Å². The molecule has 2 aliphatic rings. The Morgan fingerprint density at radius 3 is 2.40 bits per heavy atom. The van der Waals surface area contributed by atoms with E-state index in [-0.39, 0.29) is 0 Å². The van der Waals surface area contributed by atoms with Crippen molar-refractivity contribution in [2.75, 3.05) is 26.4 Å². The van der Waals surface area contributed by atoms with Crippen LogP contribution in [0, 0.1) is 0 Å². The maximum atomic E-state index is 3.40. The summed E-state index contributed by atoms with van der Waals surface area (Å²) in [6.07, 6.45) is 9.27. The molecule has 2 unspecified atom stereocenters. The standard InChI is InChI=1S/C12H24N2S/c1-13-10-5-7-14(8-6-10)11-3-4-12(9-11)15-2/h10-13H,3-9H2,1-2H3. The average molecular weight is 228 g/mol. The largest absolute Gasteiger partial charge is 0.317 e. The van der Waals surface area contributed by atoms with Crippen LogP contribution in [-0.4, -0.2) is 48.6 Å². The summed E-state index contributed by atoms with van der Waals surface area (Å²) in [4.78, 5) is 2.74. The predicted octanol–water partition coefficient (Wildman–Crippen LogP) is 1.95. The van der Waals surface area contributed by atoms with Crippen LogP contribution in [-0.2, 0) is 0 Å². The summed E-state index contributed by atoms with van der Waals surface area (Å²) in [6, 6.07) is 1.68. The Morgan fingerprint density at radius 2 is 1.87 bits per heavy atom. The average Bonchev–Trinajstić information content (AvgIpc) is 2.78. The third-order valence-electron chi connectivity index (χ3n) is 4.14. The second kappa shape index (κ2) is 5.55. The third kappa shape index (κ3) is 2.89. The summed E-state index contributed by atoms with van der Waals surface area (Å²) in [5.74, 6) is 0. The Morgan fingerprint density at radius 1 is 1.13 bits per heavy atom. The highest BCUT2D eigenvalue weighted by atomic mass is 32.2. The molecule has 88 valence electrons. The van der Waals surface area contributed by atoms with E-state index in [1.807, 2.05) is 0 Å². The molecule has 0 aromatic carbocycles. The van der Waals surface area contributed by atoms with E-state index in [1.54, 1.807) is 0 Å². The van der Waals surface area contributed by atoms with E-state index in [0.29, 0.717) is 0 Å². The normalized spacial score (nSPS) is 34.8. The van der Waals surface area contributed by atoms with Gasteiger partial charge in [-0.2, -0.15) is 11.8 Å². The Kier molecular flexibility index (Phi) is 4.35. The van der Waals surface area contributed by atoms with E-state index in [2.05, 4.69) is 35.3 Å². The van der Waals surface area contributed by atoms with Crippen molar-refractivity contribution in [3.8, 4) is 0 Å². The first kappa shape index (κ1) is 11.7. The summed E-state index contributed by atoms with van der Waals surface area (Å²) in [5.41, 5.74) is 0. The molecular formula is C12H24N2S. The zero-order valence-corrected chi connectivity index (χ0v) is 10.9. The fraction of sp³-hybridized carbons (Fsp3) is 1.00. The maximum Gasteiger partial charge on any atom is 0.0106 e. The minimum atomic E-state index is 0.777. The minimum absolute atomic E-state index is 0.777. The molecule has 1 N–H and O–H groups in total. The summed E-state index contributed by atoms with van der Waals surface area (Å²) in [6.45, 7) is 2.63. The van der Waals surface area contributed by atoms with Gasteiger partial charge in [-0.1, -0.05) is 0 Å². The van der Waals surface area contributed by atoms with Crippen molar-refractivity contribution in [2.45, 2.75) is 49.4 Å². The molecule has 2 rings (SSSR count). The topological polar surface area (TPSA) is 15.3 Å². The van der Waals surface area contributed by atoms with Gasteiger partial charge in [-0.15, -0.1) is 0 Å². The molecule has 0 bridgehead atoms. The van der Waals surface area contributed by atoms with Gasteiger partial charge in [0.05, 0.1) is 0 Å². The van der Waals surface area contributed by atoms with Gasteiger partial charge in [0.15, 0.2) is 0 Å². The number of nitrogens with one attached hydrogen (secondary N) is 1. The van der Waals surface area contributed by atoms with Crippen LogP contribution in [0.25, 0.3) is 0 Å². The van der Waals surface area contributed by atoms with E-state index in [9.17, 15) is 0 Å². The van der Waals surface area contributed by atoms with Crippen molar-refractivity contribution in [3.05, 3.63) is 0 Å². The van der Waals surface area contributed by atoms with Crippen LogP contribution in [0.2, 0.25) is 0 Å². The molecule has 1 aliphatic heterocycles. The Balaban J connectivity index is 1.76. The first-order valence-electron chi connectivity index (χ1n) is 6.27. The van der Waals surface area contributed by atoms with Crippen LogP contribution in [0.1, 0.15) is 32.1 Å². The molecule has 1 heterocycles. The summed E-state index contributed by atoms with van der Waals surface area (Å²) in [5, 5.41) is 4.35. The van der Waals surface area contributed by atoms with Crippen LogP contribution >= 0.6 is 11.8 Å². The molecule has 2 fully saturated rings. The lowest BCUT2D eigenvalue weighted by Gasteiger charge is -2.36. The zero-order chi connectivity index (χ0) is 10.7. The van der Waals surface area contributed by atoms with Crippen molar-refractivity contribution >= 4 is 11.8 Å². The van der Waals surface area contributed by atoms with Gasteiger partial charge in [0.2, 0.25) is 0 Å². The molecule has 2 atom stereocenters. The van der Waals surface area contributed by atoms with Crippen LogP contribution in [0.4, 0.5) is 0 Å². The van der Waals surface area contributed by atoms with Gasteiger partial charge < -0.3 is 10.2 Å². The number of nitrogens with zero attached hydrogens (tertiary/aromatic N) is 1. The van der Waals surface area contributed by atoms with E-state index < -0.39 is 0 Å². The smallest absolute Gasteiger partial charge is 0.0106 e. The molecule has 2 nitrogen and oxygen atoms in total. The van der Waals surface area contributed by atoms with Gasteiger partial charge in [0.1, 0.15) is 0 Å². The lowest BCUT2D eigenvalue weighted by molar-refractivity contribution is 0.148. The van der Waals surface area contributed by atoms with E-state index in [0.717, 1.165) is 17.3 Å². The fourth-order valence-corrected chi connectivity index (χ4v) is 3.80. The molecule has 3 heteroatoms. The number of hydrogen-bond acceptors (Lipinski definition) is 3. The van der Waals surface area contributed by atoms with Crippen LogP contribution in [0.15, 0.2) is 0 Å². The van der Waals surface area contributed by atoms with Crippen molar-refractivity contribution in [1.82, 2.24) is 10.2 Å². The van der Waals surface area contributed by atoms with Crippen LogP contribution < -0.4 is 5.32 Å². The van der Waals surface area contributed by atoms with Crippen molar-refractivity contribution in [3.63, 3.8) is 0 Å². The van der Waals surface area contributed by atoms with Crippen molar-refractivity contribution < 1.29 is 0 Å². The number of likely N-dealkylation sites (tertiary alicyclic amines) is 1. The summed E-state index contributed by atoms with van der Waals surface area (Å²) >= 11 is 2.07. The Bertz CT molecular complexity index is 190. The quantitative estimate of drug-likeness (QED) is 0.795. The molecule has 15 heavy (non-hydrogen) atoms. The molecule has 1 aliphatic carbocycles. The van der Waals surface area contributed by atoms with Crippen LogP contribution in [0.3, 0.4) is 0 Å². The lowest BCUT2D eigenvalue weighted by Crippen LogP contribution is -2.45. The van der Waals surface area contributed by atoms with Crippen molar-refractivity contribution in [1.29, 1.82) is 0 Å². The number of rotatable bonds is 3. The third-order valence-corrected chi connectivity index (χ3v) is 5.24. The number of hydrogen-bond donors (Lipinski definition) is 1. The molecule has 1 saturated heterocycles. The van der Waals surface area contributed by atoms with Crippen molar-refractivity contribution in [2.24, 2.45) is 0 Å². The molecular weight excluding hydrogens is 204 g/mol. The number of thioether (sulfide) groups is 1. The van der Waals surface area contributed by atoms with E-state index >= 15 is 0 Å². The predicted molar refractivity (Wildman–Crippen MR) is 68.6 cm³/mol. The minimum Gasteiger partial charge on any atom is -0.317 e. The van der Waals surface area contributed by atoms with Gasteiger partial charge >= 0.3 is 0 Å². The van der Waals surface area contributed by atoms with Gasteiger partial charge in [-0.05, 0) is 58.5 Å². The highest BCUT2D eigenvalue weighted by Crippen LogP contribution is 2.32. The Hall–Kier alpha value is 0.270. The second-order valence-electron chi connectivity index (χ2n) is 4.92. The van der Waals surface area contributed by atoms with Gasteiger partial charge in [0.25, 0.3) is 0 Å². The summed E-state index contributed by atoms with van der Waals surface area (Å²) in [7, 11) is 2.10. The van der Waals surface area contributed by atoms with E-state index in [1.165, 1.54) is 45.2 Å². The highest BCUT2D eigenvalue weighted by molar-refractivity contribution is 7.99. The molecule has 0 aromatic heterocycles. The molecule has 1 saturated carbocycles. The lowest BCUT2D eigenvalue weighted by atomic mass is 10.0. The Labute approximate surface area is 98.2 Å². The summed E-state index contributed by atoms with van der Waals surface area (Å²) < 4.78 is 0. The molecule has 0 amide bonds. The first-order chi connectivity index (χ1) is 7.33. The SMILES string of the molecule is CNC1CCN(C2CCC(SC)C2)CC1. The molecule has 0 spiro atoms. The van der Waals surface area contributed by atoms with Crippen LogP contribution in [0.5, 0.6) is 0 Å². The fourth-order valence-electron chi connectivity index (χ4n) is 3.02.